The molecule has 2 aliphatic heterocycles. The van der Waals surface area contributed by atoms with Crippen molar-refractivity contribution in [2.24, 2.45) is 0 Å². The van der Waals surface area contributed by atoms with Crippen LogP contribution in [0.25, 0.3) is 11.0 Å². The molecule has 0 bridgehead atoms. The summed E-state index contributed by atoms with van der Waals surface area (Å²) < 4.78 is 32.8. The van der Waals surface area contributed by atoms with E-state index in [1.807, 2.05) is 29.2 Å². The second kappa shape index (κ2) is 12.8. The van der Waals surface area contributed by atoms with Gasteiger partial charge in [0.25, 0.3) is 0 Å². The number of nitrogens with one attached hydrogen (secondary N) is 2. The Morgan fingerprint density at radius 3 is 2.53 bits per heavy atom. The van der Waals surface area contributed by atoms with Gasteiger partial charge in [-0.1, -0.05) is 43.9 Å². The van der Waals surface area contributed by atoms with Crippen molar-refractivity contribution in [2.75, 3.05) is 31.3 Å². The lowest BCUT2D eigenvalue weighted by molar-refractivity contribution is -0.142. The average molecular weight is 655 g/mol. The lowest BCUT2D eigenvalue weighted by Gasteiger charge is -2.40. The van der Waals surface area contributed by atoms with Gasteiger partial charge in [-0.05, 0) is 55.1 Å². The van der Waals surface area contributed by atoms with E-state index >= 15 is 0 Å². The molecule has 0 radical (unpaired) electrons. The van der Waals surface area contributed by atoms with Gasteiger partial charge in [-0.3, -0.25) is 0 Å². The van der Waals surface area contributed by atoms with E-state index < -0.39 is 30.1 Å². The molecule has 5 rings (SSSR count). The lowest BCUT2D eigenvalue weighted by atomic mass is 10.0. The number of esters is 1. The van der Waals surface area contributed by atoms with Crippen molar-refractivity contribution in [3.05, 3.63) is 59.4 Å². The molecule has 1 unspecified atom stereocenters. The van der Waals surface area contributed by atoms with Gasteiger partial charge in [-0.25, -0.2) is 31.8 Å². The molecule has 2 aliphatic rings. The van der Waals surface area contributed by atoms with Gasteiger partial charge < -0.3 is 25.2 Å². The number of ether oxygens (including phenoxy) is 1. The molecule has 0 aliphatic carbocycles. The predicted octanol–water partition coefficient (Wildman–Crippen LogP) is 4.17. The summed E-state index contributed by atoms with van der Waals surface area (Å²) in [6, 6.07) is 12.1. The fourth-order valence-corrected chi connectivity index (χ4v) is 10.5. The number of fused-ring (bicyclic) bond motifs is 2. The molecule has 12 nitrogen and oxygen atoms in total. The van der Waals surface area contributed by atoms with Crippen LogP contribution in [-0.4, -0.2) is 91.3 Å². The van der Waals surface area contributed by atoms with Crippen LogP contribution < -0.4 is 10.6 Å². The molecule has 1 saturated heterocycles. The number of amides is 4. The molecular formula is C31H42N6O6SSi. The number of methoxy groups -OCH3 is 1. The maximum Gasteiger partial charge on any atom is 0.328 e. The van der Waals surface area contributed by atoms with Crippen LogP contribution in [-0.2, 0) is 32.5 Å². The Kier molecular flexibility index (Phi) is 9.26. The van der Waals surface area contributed by atoms with Crippen molar-refractivity contribution in [2.45, 2.75) is 70.5 Å². The van der Waals surface area contributed by atoms with Gasteiger partial charge in [0, 0.05) is 45.9 Å². The maximum absolute atomic E-state index is 13.3. The van der Waals surface area contributed by atoms with Crippen LogP contribution in [0.2, 0.25) is 25.7 Å². The molecule has 3 heterocycles. The van der Waals surface area contributed by atoms with E-state index in [0.717, 1.165) is 11.3 Å². The summed E-state index contributed by atoms with van der Waals surface area (Å²) >= 11 is 0. The molecule has 242 valence electrons. The van der Waals surface area contributed by atoms with Gasteiger partial charge in [-0.15, -0.1) is 0 Å². The van der Waals surface area contributed by atoms with E-state index in [4.69, 9.17) is 4.74 Å². The Morgan fingerprint density at radius 1 is 1.13 bits per heavy atom. The number of aromatic nitrogens is 2. The Hall–Kier alpha value is -3.91. The van der Waals surface area contributed by atoms with Crippen LogP contribution in [0.4, 0.5) is 15.3 Å². The zero-order valence-electron chi connectivity index (χ0n) is 26.5. The minimum absolute atomic E-state index is 0.00634. The molecule has 1 atom stereocenters. The van der Waals surface area contributed by atoms with E-state index in [9.17, 15) is 22.8 Å². The SMILES string of the molecule is COC(=O)C(Cc1ccc2c(c1)nc(C)n2S(=O)(=O)CC[Si](C)(C)C)NC(=O)N1CCC(N2Cc3ccccc3NC2=O)CC1. The average Bonchev–Trinajstić information content (AvgIpc) is 3.34. The highest BCUT2D eigenvalue weighted by Gasteiger charge is 2.34. The van der Waals surface area contributed by atoms with E-state index in [-0.39, 0.29) is 30.3 Å². The number of rotatable bonds is 9. The second-order valence-corrected chi connectivity index (χ2v) is 20.6. The molecular weight excluding hydrogens is 613 g/mol. The molecule has 4 amide bonds. The number of likely N-dealkylation sites (tertiary alicyclic amines) is 1. The summed E-state index contributed by atoms with van der Waals surface area (Å²) in [5.41, 5.74) is 3.58. The summed E-state index contributed by atoms with van der Waals surface area (Å²) in [5, 5.41) is 5.78. The normalized spacial score (nSPS) is 16.7. The number of hydrogen-bond donors (Lipinski definition) is 2. The Labute approximate surface area is 265 Å². The van der Waals surface area contributed by atoms with Crippen molar-refractivity contribution < 1.29 is 27.5 Å². The summed E-state index contributed by atoms with van der Waals surface area (Å²) in [6.45, 7) is 9.48. The van der Waals surface area contributed by atoms with Gasteiger partial charge >= 0.3 is 18.0 Å². The quantitative estimate of drug-likeness (QED) is 0.261. The first-order chi connectivity index (χ1) is 21.3. The van der Waals surface area contributed by atoms with E-state index in [0.29, 0.717) is 60.9 Å². The number of piperidine rings is 1. The molecule has 45 heavy (non-hydrogen) atoms. The number of aryl methyl sites for hydroxylation is 1. The molecule has 2 aromatic carbocycles. The number of nitrogens with zero attached hydrogens (tertiary/aromatic N) is 4. The van der Waals surface area contributed by atoms with Gasteiger partial charge in [0.05, 0.1) is 23.9 Å². The smallest absolute Gasteiger partial charge is 0.328 e. The fourth-order valence-electron chi connectivity index (χ4n) is 5.94. The summed E-state index contributed by atoms with van der Waals surface area (Å²) in [5.74, 6) is -0.147. The Bertz CT molecular complexity index is 1710. The van der Waals surface area contributed by atoms with Gasteiger partial charge in [0.2, 0.25) is 10.0 Å². The summed E-state index contributed by atoms with van der Waals surface area (Å²) in [6.07, 6.45) is 1.38. The monoisotopic (exact) mass is 654 g/mol. The first-order valence-corrected chi connectivity index (χ1v) is 20.6. The summed E-state index contributed by atoms with van der Waals surface area (Å²) in [4.78, 5) is 46.7. The Morgan fingerprint density at radius 2 is 1.84 bits per heavy atom. The topological polar surface area (TPSA) is 143 Å². The minimum Gasteiger partial charge on any atom is -0.467 e. The number of para-hydroxylation sites is 1. The van der Waals surface area contributed by atoms with Crippen LogP contribution >= 0.6 is 0 Å². The standard InChI is InChI=1S/C31H42N6O6SSi/c1-21-32-26-18-22(10-11-28(26)37(21)44(41,42)16-17-45(3,4)5)19-27(29(38)43-2)34-30(39)35-14-12-24(13-15-35)36-20-23-8-6-7-9-25(23)33-31(36)40/h6-11,18,24,27H,12-17,19-20H2,1-5H3,(H,33,40)(H,34,39). The van der Waals surface area contributed by atoms with E-state index in [1.54, 1.807) is 30.0 Å². The molecule has 3 aromatic rings. The van der Waals surface area contributed by atoms with Gasteiger partial charge in [-0.2, -0.15) is 0 Å². The van der Waals surface area contributed by atoms with Crippen LogP contribution in [0.3, 0.4) is 0 Å². The van der Waals surface area contributed by atoms with Crippen LogP contribution in [0.5, 0.6) is 0 Å². The third-order valence-electron chi connectivity index (χ3n) is 8.50. The molecule has 1 fully saturated rings. The zero-order chi connectivity index (χ0) is 32.5. The molecule has 0 saturated carbocycles. The number of carbonyl (C=O) groups excluding carboxylic acids is 3. The fraction of sp³-hybridized carbons (Fsp3) is 0.484. The van der Waals surface area contributed by atoms with Gasteiger partial charge in [0.15, 0.2) is 0 Å². The third kappa shape index (κ3) is 7.33. The maximum atomic E-state index is 13.3. The molecule has 1 aromatic heterocycles. The highest BCUT2D eigenvalue weighted by molar-refractivity contribution is 7.90. The predicted molar refractivity (Wildman–Crippen MR) is 175 cm³/mol. The number of carbonyl (C=O) groups is 3. The number of benzene rings is 2. The molecule has 0 spiro atoms. The van der Waals surface area contributed by atoms with Crippen LogP contribution in [0.15, 0.2) is 42.5 Å². The molecule has 2 N–H and O–H groups in total. The van der Waals surface area contributed by atoms with E-state index in [2.05, 4.69) is 35.3 Å². The van der Waals surface area contributed by atoms with Crippen molar-refractivity contribution >= 4 is 52.8 Å². The first kappa shape index (κ1) is 32.5. The highest BCUT2D eigenvalue weighted by Crippen LogP contribution is 2.28. The Balaban J connectivity index is 1.23. The highest BCUT2D eigenvalue weighted by atomic mass is 32.2. The number of urea groups is 2. The van der Waals surface area contributed by atoms with Crippen molar-refractivity contribution in [3.63, 3.8) is 0 Å². The number of anilines is 1. The minimum atomic E-state index is -3.59. The third-order valence-corrected chi connectivity index (χ3v) is 12.3. The number of imidazole rings is 1. The van der Waals surface area contributed by atoms with Crippen molar-refractivity contribution in [1.29, 1.82) is 0 Å². The number of hydrogen-bond acceptors (Lipinski definition) is 7. The van der Waals surface area contributed by atoms with Crippen LogP contribution in [0, 0.1) is 6.92 Å². The first-order valence-electron chi connectivity index (χ1n) is 15.3. The second-order valence-electron chi connectivity index (χ2n) is 13.0. The largest absolute Gasteiger partial charge is 0.467 e. The zero-order valence-corrected chi connectivity index (χ0v) is 28.3. The van der Waals surface area contributed by atoms with Crippen molar-refractivity contribution in [1.82, 2.24) is 24.1 Å². The molecule has 14 heteroatoms. The van der Waals surface area contributed by atoms with Gasteiger partial charge in [0.1, 0.15) is 11.9 Å². The van der Waals surface area contributed by atoms with E-state index in [1.165, 1.54) is 11.1 Å². The van der Waals surface area contributed by atoms with Crippen molar-refractivity contribution in [3.8, 4) is 0 Å². The van der Waals surface area contributed by atoms with Crippen LogP contribution in [0.1, 0.15) is 29.8 Å². The lowest BCUT2D eigenvalue weighted by Crippen LogP contribution is -2.54. The summed E-state index contributed by atoms with van der Waals surface area (Å²) in [7, 11) is -3.89.